The molecule has 1 N–H and O–H groups in total. The molecule has 0 bridgehead atoms. The van der Waals surface area contributed by atoms with Crippen LogP contribution in [0.5, 0.6) is 0 Å². The predicted octanol–water partition coefficient (Wildman–Crippen LogP) is 0.239. The van der Waals surface area contributed by atoms with Crippen molar-refractivity contribution in [3.05, 3.63) is 69.7 Å². The van der Waals surface area contributed by atoms with Gasteiger partial charge in [0, 0.05) is 12.1 Å². The highest BCUT2D eigenvalue weighted by atomic mass is 16.2. The maximum absolute atomic E-state index is 13.3. The van der Waals surface area contributed by atoms with Gasteiger partial charge in [0.05, 0.1) is 12.2 Å². The molecule has 26 heavy (non-hydrogen) atoms. The summed E-state index contributed by atoms with van der Waals surface area (Å²) in [4.78, 5) is 34.2. The molecule has 0 fully saturated rings. The van der Waals surface area contributed by atoms with Gasteiger partial charge in [-0.3, -0.25) is 9.59 Å². The zero-order chi connectivity index (χ0) is 18.1. The minimum Gasteiger partial charge on any atom is -0.334 e. The molecular formula is C17H17N7O2. The third-order valence-corrected chi connectivity index (χ3v) is 4.48. The third-order valence-electron chi connectivity index (χ3n) is 4.48. The number of hydrogen-bond acceptors (Lipinski definition) is 6. The Morgan fingerprint density at radius 3 is 2.81 bits per heavy atom. The first kappa shape index (κ1) is 16.1. The summed E-state index contributed by atoms with van der Waals surface area (Å²) in [6, 6.07) is 8.72. The zero-order valence-corrected chi connectivity index (χ0v) is 14.2. The lowest BCUT2D eigenvalue weighted by Gasteiger charge is -2.30. The van der Waals surface area contributed by atoms with Crippen LogP contribution < -0.4 is 5.56 Å². The molecule has 0 saturated carbocycles. The van der Waals surface area contributed by atoms with Crippen LogP contribution in [-0.2, 0) is 17.8 Å². The van der Waals surface area contributed by atoms with E-state index < -0.39 is 6.04 Å². The van der Waals surface area contributed by atoms with E-state index in [0.29, 0.717) is 36.6 Å². The number of fused-ring (bicyclic) bond motifs is 1. The van der Waals surface area contributed by atoms with Crippen LogP contribution in [0.2, 0.25) is 0 Å². The molecule has 0 saturated heterocycles. The smallest absolute Gasteiger partial charge is 0.254 e. The van der Waals surface area contributed by atoms with Crippen molar-refractivity contribution in [2.45, 2.75) is 25.9 Å². The molecule has 9 nitrogen and oxygen atoms in total. The first-order valence-electron chi connectivity index (χ1n) is 8.28. The van der Waals surface area contributed by atoms with Gasteiger partial charge in [0.2, 0.25) is 0 Å². The molecular weight excluding hydrogens is 334 g/mol. The topological polar surface area (TPSA) is 110 Å². The van der Waals surface area contributed by atoms with E-state index in [1.54, 1.807) is 11.8 Å². The van der Waals surface area contributed by atoms with Crippen LogP contribution in [0, 0.1) is 6.92 Å². The normalized spacial score (nSPS) is 14.7. The van der Waals surface area contributed by atoms with Crippen molar-refractivity contribution >= 4 is 5.91 Å². The molecule has 1 aliphatic rings. The van der Waals surface area contributed by atoms with Gasteiger partial charge in [-0.2, -0.15) is 0 Å². The van der Waals surface area contributed by atoms with Crippen molar-refractivity contribution in [1.29, 1.82) is 0 Å². The van der Waals surface area contributed by atoms with Crippen molar-refractivity contribution in [2.24, 2.45) is 0 Å². The predicted molar refractivity (Wildman–Crippen MR) is 91.1 cm³/mol. The zero-order valence-electron chi connectivity index (χ0n) is 14.2. The van der Waals surface area contributed by atoms with Gasteiger partial charge in [0.1, 0.15) is 12.2 Å². The van der Waals surface area contributed by atoms with Crippen LogP contribution in [0.1, 0.15) is 28.7 Å². The maximum atomic E-state index is 13.3. The number of tetrazole rings is 1. The minimum atomic E-state index is -0.657. The van der Waals surface area contributed by atoms with E-state index in [9.17, 15) is 9.59 Å². The Hall–Kier alpha value is -3.36. The minimum absolute atomic E-state index is 0.125. The molecule has 0 radical (unpaired) electrons. The summed E-state index contributed by atoms with van der Waals surface area (Å²) < 4.78 is 1.45. The number of hydrogen-bond donors (Lipinski definition) is 1. The number of carbonyl (C=O) groups is 1. The molecule has 1 amide bonds. The Balaban J connectivity index is 1.68. The second-order valence-corrected chi connectivity index (χ2v) is 6.19. The first-order valence-corrected chi connectivity index (χ1v) is 8.28. The molecule has 9 heteroatoms. The Morgan fingerprint density at radius 2 is 2.08 bits per heavy atom. The molecule has 132 valence electrons. The van der Waals surface area contributed by atoms with Crippen molar-refractivity contribution in [1.82, 2.24) is 35.1 Å². The van der Waals surface area contributed by atoms with Gasteiger partial charge in [0.15, 0.2) is 6.04 Å². The number of aryl methyl sites for hydroxylation is 1. The Kier molecular flexibility index (Phi) is 4.04. The van der Waals surface area contributed by atoms with Gasteiger partial charge in [-0.1, -0.05) is 30.3 Å². The first-order chi connectivity index (χ1) is 12.6. The van der Waals surface area contributed by atoms with Crippen LogP contribution >= 0.6 is 0 Å². The van der Waals surface area contributed by atoms with Crippen LogP contribution in [0.25, 0.3) is 0 Å². The third kappa shape index (κ3) is 2.87. The average Bonchev–Trinajstić information content (AvgIpc) is 3.16. The van der Waals surface area contributed by atoms with Gasteiger partial charge >= 0.3 is 0 Å². The lowest BCUT2D eigenvalue weighted by Crippen LogP contribution is -2.43. The number of aromatic nitrogens is 6. The lowest BCUT2D eigenvalue weighted by molar-refractivity contribution is -0.134. The highest BCUT2D eigenvalue weighted by Crippen LogP contribution is 2.23. The molecule has 1 atom stereocenters. The fourth-order valence-electron chi connectivity index (χ4n) is 3.26. The van der Waals surface area contributed by atoms with Gasteiger partial charge in [-0.25, -0.2) is 9.67 Å². The van der Waals surface area contributed by atoms with E-state index in [4.69, 9.17) is 0 Å². The summed E-state index contributed by atoms with van der Waals surface area (Å²) in [7, 11) is 0. The van der Waals surface area contributed by atoms with Crippen molar-refractivity contribution in [3.8, 4) is 0 Å². The number of aromatic amines is 1. The molecule has 3 aromatic rings. The summed E-state index contributed by atoms with van der Waals surface area (Å²) in [5.41, 5.74) is 1.97. The molecule has 0 aliphatic carbocycles. The van der Waals surface area contributed by atoms with Crippen molar-refractivity contribution < 1.29 is 4.79 Å². The Morgan fingerprint density at radius 1 is 1.27 bits per heavy atom. The molecule has 0 spiro atoms. The summed E-state index contributed by atoms with van der Waals surface area (Å²) in [6.07, 6.45) is 1.90. The SMILES string of the molecule is Cc1nc2c(c(=O)[nH]1)CCN(C(=O)[C@H](c1ccccc1)n1cnnn1)C2. The van der Waals surface area contributed by atoms with Crippen LogP contribution in [0.3, 0.4) is 0 Å². The molecule has 0 unspecified atom stereocenters. The number of nitrogens with zero attached hydrogens (tertiary/aromatic N) is 6. The number of amides is 1. The standard InChI is InChI=1S/C17H17N7O2/c1-11-19-14-9-23(8-7-13(14)16(25)20-11)17(26)15(24-10-18-21-22-24)12-5-3-2-4-6-12/h2-6,10,15H,7-9H2,1H3,(H,19,20,25)/t15-/m0/s1. The molecule has 3 heterocycles. The highest BCUT2D eigenvalue weighted by molar-refractivity contribution is 5.83. The van der Waals surface area contributed by atoms with Gasteiger partial charge in [-0.15, -0.1) is 5.10 Å². The highest BCUT2D eigenvalue weighted by Gasteiger charge is 2.32. The van der Waals surface area contributed by atoms with E-state index in [0.717, 1.165) is 5.56 Å². The molecule has 1 aliphatic heterocycles. The van der Waals surface area contributed by atoms with Gasteiger partial charge in [0.25, 0.3) is 11.5 Å². The van der Waals surface area contributed by atoms with Gasteiger partial charge in [-0.05, 0) is 29.3 Å². The fourth-order valence-corrected chi connectivity index (χ4v) is 3.26. The van der Waals surface area contributed by atoms with E-state index in [-0.39, 0.29) is 11.5 Å². The largest absolute Gasteiger partial charge is 0.334 e. The number of benzene rings is 1. The van der Waals surface area contributed by atoms with Crippen molar-refractivity contribution in [2.75, 3.05) is 6.54 Å². The molecule has 2 aromatic heterocycles. The summed E-state index contributed by atoms with van der Waals surface area (Å²) in [6.45, 7) is 2.48. The van der Waals surface area contributed by atoms with E-state index >= 15 is 0 Å². The Labute approximate surface area is 148 Å². The van der Waals surface area contributed by atoms with E-state index in [1.165, 1.54) is 11.0 Å². The fraction of sp³-hybridized carbons (Fsp3) is 0.294. The monoisotopic (exact) mass is 351 g/mol. The number of carbonyl (C=O) groups excluding carboxylic acids is 1. The van der Waals surface area contributed by atoms with Gasteiger partial charge < -0.3 is 9.88 Å². The quantitative estimate of drug-likeness (QED) is 0.724. The second kappa shape index (κ2) is 6.51. The van der Waals surface area contributed by atoms with Crippen molar-refractivity contribution in [3.63, 3.8) is 0 Å². The molecule has 1 aromatic carbocycles. The van der Waals surface area contributed by atoms with Crippen LogP contribution in [0.15, 0.2) is 41.5 Å². The van der Waals surface area contributed by atoms with Crippen LogP contribution in [-0.4, -0.2) is 47.5 Å². The average molecular weight is 351 g/mol. The summed E-state index contributed by atoms with van der Waals surface area (Å²) in [5.74, 6) is 0.414. The number of rotatable bonds is 3. The number of nitrogens with one attached hydrogen (secondary N) is 1. The van der Waals surface area contributed by atoms with E-state index in [1.807, 2.05) is 30.3 Å². The maximum Gasteiger partial charge on any atom is 0.254 e. The van der Waals surface area contributed by atoms with E-state index in [2.05, 4.69) is 25.5 Å². The lowest BCUT2D eigenvalue weighted by atomic mass is 10.0. The Bertz CT molecular complexity index is 982. The van der Waals surface area contributed by atoms with Crippen LogP contribution in [0.4, 0.5) is 0 Å². The summed E-state index contributed by atoms with van der Waals surface area (Å²) in [5, 5.41) is 11.2. The molecule has 4 rings (SSSR count). The summed E-state index contributed by atoms with van der Waals surface area (Å²) >= 11 is 0. The second-order valence-electron chi connectivity index (χ2n) is 6.19. The number of H-pyrrole nitrogens is 1.